The van der Waals surface area contributed by atoms with E-state index >= 15 is 0 Å². The maximum Gasteiger partial charge on any atom is 0.412 e. The highest BCUT2D eigenvalue weighted by atomic mass is 19.4. The molecule has 15 heteroatoms. The largest absolute Gasteiger partial charge is 0.450 e. The topological polar surface area (TPSA) is 131 Å². The molecule has 0 aromatic carbocycles. The van der Waals surface area contributed by atoms with Crippen LogP contribution in [0.1, 0.15) is 23.7 Å². The van der Waals surface area contributed by atoms with Crippen molar-refractivity contribution in [1.82, 2.24) is 19.4 Å². The van der Waals surface area contributed by atoms with Crippen molar-refractivity contribution in [2.75, 3.05) is 48.5 Å². The molecule has 2 saturated heterocycles. The minimum atomic E-state index is -4.66. The molecule has 3 unspecified atom stereocenters. The van der Waals surface area contributed by atoms with Crippen molar-refractivity contribution in [3.63, 3.8) is 0 Å². The van der Waals surface area contributed by atoms with Crippen LogP contribution < -0.4 is 21.1 Å². The summed E-state index contributed by atoms with van der Waals surface area (Å²) >= 11 is 0. The molecule has 0 bridgehead atoms. The van der Waals surface area contributed by atoms with E-state index in [1.807, 2.05) is 0 Å². The first kappa shape index (κ1) is 25.9. The zero-order chi connectivity index (χ0) is 27.0. The van der Waals surface area contributed by atoms with Crippen LogP contribution in [0.3, 0.4) is 0 Å². The number of amides is 1. The summed E-state index contributed by atoms with van der Waals surface area (Å²) in [7, 11) is 0. The summed E-state index contributed by atoms with van der Waals surface area (Å²) in [5.41, 5.74) is -0.492. The molecule has 5 rings (SSSR count). The second kappa shape index (κ2) is 10.2. The zero-order valence-electron chi connectivity index (χ0n) is 20.4. The molecule has 0 spiro atoms. The number of ketones is 1. The normalized spacial score (nSPS) is 23.8. The number of aromatic nitrogens is 3. The van der Waals surface area contributed by atoms with E-state index < -0.39 is 42.6 Å². The van der Waals surface area contributed by atoms with Gasteiger partial charge in [0.1, 0.15) is 17.7 Å². The number of nitrogens with one attached hydrogen (secondary N) is 2. The van der Waals surface area contributed by atoms with Gasteiger partial charge >= 0.3 is 12.3 Å². The molecular formula is C23H26F3N7O5. The minimum Gasteiger partial charge on any atom is -0.450 e. The molecule has 204 valence electrons. The maximum atomic E-state index is 14.0. The average Bonchev–Trinajstić information content (AvgIpc) is 3.54. The van der Waals surface area contributed by atoms with Crippen LogP contribution in [-0.2, 0) is 16.0 Å². The Balaban J connectivity index is 1.36. The summed E-state index contributed by atoms with van der Waals surface area (Å²) in [6, 6.07) is 2.19. The molecule has 5 heterocycles. The van der Waals surface area contributed by atoms with Gasteiger partial charge in [0, 0.05) is 37.5 Å². The molecule has 0 saturated carbocycles. The number of alkyl halides is 3. The van der Waals surface area contributed by atoms with Crippen LogP contribution in [0.15, 0.2) is 29.2 Å². The molecule has 38 heavy (non-hydrogen) atoms. The number of hydrogen-bond donors (Lipinski definition) is 2. The zero-order valence-corrected chi connectivity index (χ0v) is 20.4. The number of fused-ring (bicyclic) bond motifs is 2. The third-order valence-corrected chi connectivity index (χ3v) is 6.66. The van der Waals surface area contributed by atoms with Gasteiger partial charge in [-0.2, -0.15) is 18.2 Å². The van der Waals surface area contributed by atoms with E-state index in [4.69, 9.17) is 9.47 Å². The molecule has 2 fully saturated rings. The molecule has 2 N–H and O–H groups in total. The van der Waals surface area contributed by atoms with Crippen molar-refractivity contribution in [2.45, 2.75) is 44.3 Å². The highest BCUT2D eigenvalue weighted by Crippen LogP contribution is 2.34. The second-order valence-electron chi connectivity index (χ2n) is 9.16. The molecule has 2 aromatic heterocycles. The lowest BCUT2D eigenvalue weighted by Gasteiger charge is -2.38. The van der Waals surface area contributed by atoms with Crippen LogP contribution in [0.5, 0.6) is 0 Å². The summed E-state index contributed by atoms with van der Waals surface area (Å²) in [5.74, 6) is -0.680. The van der Waals surface area contributed by atoms with Crippen LogP contribution >= 0.6 is 0 Å². The van der Waals surface area contributed by atoms with Gasteiger partial charge < -0.3 is 19.7 Å². The van der Waals surface area contributed by atoms with Gasteiger partial charge in [0.2, 0.25) is 5.95 Å². The Morgan fingerprint density at radius 3 is 2.71 bits per heavy atom. The molecule has 2 aromatic rings. The number of nitrogens with zero attached hydrogens (tertiary/aromatic N) is 5. The van der Waals surface area contributed by atoms with E-state index in [2.05, 4.69) is 25.5 Å². The Morgan fingerprint density at radius 1 is 1.26 bits per heavy atom. The van der Waals surface area contributed by atoms with Crippen LogP contribution in [0.4, 0.5) is 35.5 Å². The lowest BCUT2D eigenvalue weighted by Crippen LogP contribution is -2.54. The number of rotatable bonds is 8. The Hall–Kier alpha value is -3.72. The van der Waals surface area contributed by atoms with Crippen LogP contribution in [0, 0.1) is 0 Å². The fourth-order valence-electron chi connectivity index (χ4n) is 4.63. The average molecular weight is 537 g/mol. The van der Waals surface area contributed by atoms with Crippen molar-refractivity contribution >= 4 is 29.5 Å². The lowest BCUT2D eigenvalue weighted by molar-refractivity contribution is -0.152. The van der Waals surface area contributed by atoms with Crippen LogP contribution in [0.25, 0.3) is 0 Å². The molecule has 3 aliphatic rings. The first-order chi connectivity index (χ1) is 18.1. The number of anilines is 3. The summed E-state index contributed by atoms with van der Waals surface area (Å²) in [4.78, 5) is 48.5. The third kappa shape index (κ3) is 5.43. The van der Waals surface area contributed by atoms with Gasteiger partial charge in [0.15, 0.2) is 5.78 Å². The highest BCUT2D eigenvalue weighted by Gasteiger charge is 2.48. The third-order valence-electron chi connectivity index (χ3n) is 6.66. The second-order valence-corrected chi connectivity index (χ2v) is 9.16. The quantitative estimate of drug-likeness (QED) is 0.379. The van der Waals surface area contributed by atoms with Crippen molar-refractivity contribution in [3.05, 3.63) is 40.3 Å². The summed E-state index contributed by atoms with van der Waals surface area (Å²) in [6.45, 7) is 2.70. The van der Waals surface area contributed by atoms with E-state index in [-0.39, 0.29) is 48.4 Å². The molecule has 3 aliphatic heterocycles. The number of ether oxygens (including phenoxy) is 2. The highest BCUT2D eigenvalue weighted by molar-refractivity contribution is 5.99. The summed E-state index contributed by atoms with van der Waals surface area (Å²) in [5, 5.41) is 5.37. The van der Waals surface area contributed by atoms with Crippen molar-refractivity contribution in [3.8, 4) is 0 Å². The van der Waals surface area contributed by atoms with Gasteiger partial charge in [-0.25, -0.2) is 9.78 Å². The Bertz CT molecular complexity index is 1270. The summed E-state index contributed by atoms with van der Waals surface area (Å²) < 4.78 is 53.5. The molecular weight excluding hydrogens is 511 g/mol. The summed E-state index contributed by atoms with van der Waals surface area (Å²) in [6.07, 6.45) is -4.76. The van der Waals surface area contributed by atoms with E-state index in [9.17, 15) is 27.6 Å². The van der Waals surface area contributed by atoms with E-state index in [0.29, 0.717) is 13.3 Å². The standard InChI is InChI=1S/C23H26F3N7O5/c1-2-37-22(36)30-18-4-3-13(8-27-18)15(34)11-33-17(23(24,25)26)5-6-32-20(35)7-19(29-21(32)33)28-9-16-14-10-31(14)12-38-16/h3-4,7-8,14,16-17,28H,2,5-6,9-12H2,1H3,(H,27,30,36)/t14?,16-,17?,31?/m1/s1. The molecule has 0 radical (unpaired) electrons. The van der Waals surface area contributed by atoms with Gasteiger partial charge in [-0.05, 0) is 25.5 Å². The number of pyridine rings is 1. The van der Waals surface area contributed by atoms with Crippen molar-refractivity contribution in [1.29, 1.82) is 0 Å². The number of carbonyl (C=O) groups excluding carboxylic acids is 2. The van der Waals surface area contributed by atoms with Crippen LogP contribution in [-0.4, -0.2) is 88.6 Å². The van der Waals surface area contributed by atoms with Gasteiger partial charge in [0.05, 0.1) is 32.0 Å². The van der Waals surface area contributed by atoms with Crippen LogP contribution in [0.2, 0.25) is 0 Å². The number of carbonyl (C=O) groups is 2. The van der Waals surface area contributed by atoms with E-state index in [0.717, 1.165) is 22.2 Å². The Kier molecular flexibility index (Phi) is 6.96. The number of hydrogen-bond acceptors (Lipinski definition) is 10. The first-order valence-electron chi connectivity index (χ1n) is 12.1. The van der Waals surface area contributed by atoms with E-state index in [1.54, 1.807) is 6.92 Å². The van der Waals surface area contributed by atoms with Gasteiger partial charge in [-0.3, -0.25) is 24.4 Å². The smallest absolute Gasteiger partial charge is 0.412 e. The maximum absolute atomic E-state index is 14.0. The van der Waals surface area contributed by atoms with Crippen molar-refractivity contribution < 1.29 is 32.2 Å². The SMILES string of the molecule is CCOC(=O)Nc1ccc(C(=O)CN2c3nc(NC[C@H]4OCN5CC45)cc(=O)n3CCC2C(F)(F)F)cn1. The molecule has 4 atom stereocenters. The Labute approximate surface area is 214 Å². The predicted molar refractivity (Wildman–Crippen MR) is 128 cm³/mol. The fraction of sp³-hybridized carbons (Fsp3) is 0.522. The molecule has 1 amide bonds. The molecule has 0 aliphatic carbocycles. The van der Waals surface area contributed by atoms with Gasteiger partial charge in [-0.15, -0.1) is 0 Å². The number of Topliss-reactive ketones (excluding diaryl/α,β-unsaturated/α-hetero) is 1. The first-order valence-corrected chi connectivity index (χ1v) is 12.1. The Morgan fingerprint density at radius 2 is 2.08 bits per heavy atom. The predicted octanol–water partition coefficient (Wildman–Crippen LogP) is 1.68. The van der Waals surface area contributed by atoms with Gasteiger partial charge in [0.25, 0.3) is 5.56 Å². The number of halogens is 3. The van der Waals surface area contributed by atoms with E-state index in [1.165, 1.54) is 18.2 Å². The monoisotopic (exact) mass is 537 g/mol. The molecule has 12 nitrogen and oxygen atoms in total. The minimum absolute atomic E-state index is 0.0291. The lowest BCUT2D eigenvalue weighted by atomic mass is 10.1. The van der Waals surface area contributed by atoms with Gasteiger partial charge in [-0.1, -0.05) is 0 Å². The fourth-order valence-corrected chi connectivity index (χ4v) is 4.63. The van der Waals surface area contributed by atoms with Crippen molar-refractivity contribution in [2.24, 2.45) is 0 Å².